The highest BCUT2D eigenvalue weighted by atomic mass is 79.9. The molecule has 0 bridgehead atoms. The smallest absolute Gasteiger partial charge is 0.178 e. The van der Waals surface area contributed by atoms with E-state index in [9.17, 15) is 13.6 Å². The third kappa shape index (κ3) is 4.07. The zero-order chi connectivity index (χ0) is 13.0. The molecule has 0 aliphatic rings. The van der Waals surface area contributed by atoms with Crippen LogP contribution in [0.1, 0.15) is 24.2 Å². The first-order valence-corrected chi connectivity index (χ1v) is 7.12. The number of carbonyl (C=O) groups excluding carboxylic acids is 1. The van der Waals surface area contributed by atoms with Gasteiger partial charge >= 0.3 is 0 Å². The van der Waals surface area contributed by atoms with Crippen molar-refractivity contribution < 1.29 is 13.6 Å². The largest absolute Gasteiger partial charge is 0.293 e. The summed E-state index contributed by atoms with van der Waals surface area (Å²) >= 11 is 4.33. The topological polar surface area (TPSA) is 17.1 Å². The summed E-state index contributed by atoms with van der Waals surface area (Å²) in [7, 11) is 0. The Hall–Kier alpha value is -0.420. The molecule has 1 aromatic carbocycles. The molecule has 1 aromatic rings. The molecule has 0 aliphatic carbocycles. The number of carbonyl (C=O) groups is 1. The molecule has 0 saturated heterocycles. The van der Waals surface area contributed by atoms with E-state index in [0.29, 0.717) is 5.92 Å². The summed E-state index contributed by atoms with van der Waals surface area (Å²) in [6.07, 6.45) is 0. The van der Waals surface area contributed by atoms with Crippen LogP contribution < -0.4 is 0 Å². The minimum Gasteiger partial charge on any atom is -0.293 e. The predicted octanol–water partition coefficient (Wildman–Crippen LogP) is 4.30. The van der Waals surface area contributed by atoms with Crippen molar-refractivity contribution in [2.75, 3.05) is 11.5 Å². The SMILES string of the molecule is CC(C)CSCC(=O)c1c(F)ccc(Br)c1F. The fourth-order valence-electron chi connectivity index (χ4n) is 1.24. The normalized spacial score (nSPS) is 10.9. The van der Waals surface area contributed by atoms with Crippen molar-refractivity contribution in [2.45, 2.75) is 13.8 Å². The number of Topliss-reactive ketones (excluding diaryl/α,β-unsaturated/α-hetero) is 1. The number of halogens is 3. The zero-order valence-corrected chi connectivity index (χ0v) is 12.0. The van der Waals surface area contributed by atoms with Gasteiger partial charge in [0, 0.05) is 0 Å². The Morgan fingerprint density at radius 3 is 2.65 bits per heavy atom. The van der Waals surface area contributed by atoms with Crippen molar-refractivity contribution in [3.8, 4) is 0 Å². The van der Waals surface area contributed by atoms with Crippen molar-refractivity contribution >= 4 is 33.5 Å². The molecule has 1 nitrogen and oxygen atoms in total. The molecule has 0 aliphatic heterocycles. The van der Waals surface area contributed by atoms with Gasteiger partial charge in [-0.05, 0) is 39.7 Å². The van der Waals surface area contributed by atoms with Crippen LogP contribution >= 0.6 is 27.7 Å². The lowest BCUT2D eigenvalue weighted by atomic mass is 10.1. The van der Waals surface area contributed by atoms with Gasteiger partial charge in [-0.15, -0.1) is 0 Å². The average Bonchev–Trinajstić information content (AvgIpc) is 2.23. The van der Waals surface area contributed by atoms with Gasteiger partial charge in [0.05, 0.1) is 15.8 Å². The summed E-state index contributed by atoms with van der Waals surface area (Å²) in [5, 5.41) is 0. The highest BCUT2D eigenvalue weighted by Gasteiger charge is 2.19. The molecule has 94 valence electrons. The molecular formula is C12H13BrF2OS. The van der Waals surface area contributed by atoms with E-state index >= 15 is 0 Å². The van der Waals surface area contributed by atoms with Crippen LogP contribution in [0.2, 0.25) is 0 Å². The van der Waals surface area contributed by atoms with Gasteiger partial charge in [-0.25, -0.2) is 8.78 Å². The summed E-state index contributed by atoms with van der Waals surface area (Å²) in [4.78, 5) is 11.7. The van der Waals surface area contributed by atoms with E-state index in [1.165, 1.54) is 17.8 Å². The van der Waals surface area contributed by atoms with Gasteiger partial charge in [0.25, 0.3) is 0 Å². The quantitative estimate of drug-likeness (QED) is 0.594. The molecule has 0 saturated carbocycles. The van der Waals surface area contributed by atoms with Gasteiger partial charge in [0.1, 0.15) is 5.82 Å². The Balaban J connectivity index is 2.79. The van der Waals surface area contributed by atoms with Gasteiger partial charge in [-0.1, -0.05) is 13.8 Å². The van der Waals surface area contributed by atoms with E-state index in [0.717, 1.165) is 11.8 Å². The lowest BCUT2D eigenvalue weighted by Crippen LogP contribution is -2.10. The van der Waals surface area contributed by atoms with E-state index in [1.54, 1.807) is 0 Å². The predicted molar refractivity (Wildman–Crippen MR) is 70.6 cm³/mol. The Morgan fingerprint density at radius 2 is 2.06 bits per heavy atom. The maximum atomic E-state index is 13.6. The summed E-state index contributed by atoms with van der Waals surface area (Å²) < 4.78 is 27.1. The van der Waals surface area contributed by atoms with E-state index in [4.69, 9.17) is 0 Å². The minimum atomic E-state index is -0.819. The first-order valence-electron chi connectivity index (χ1n) is 5.18. The zero-order valence-electron chi connectivity index (χ0n) is 9.60. The Morgan fingerprint density at radius 1 is 1.41 bits per heavy atom. The molecule has 0 spiro atoms. The lowest BCUT2D eigenvalue weighted by molar-refractivity contribution is 0.101. The molecule has 0 heterocycles. The maximum Gasteiger partial charge on any atom is 0.178 e. The van der Waals surface area contributed by atoms with Crippen molar-refractivity contribution in [1.82, 2.24) is 0 Å². The van der Waals surface area contributed by atoms with Crippen LogP contribution in [-0.4, -0.2) is 17.3 Å². The van der Waals surface area contributed by atoms with Crippen LogP contribution in [0.4, 0.5) is 8.78 Å². The number of rotatable bonds is 5. The van der Waals surface area contributed by atoms with Crippen LogP contribution in [0.25, 0.3) is 0 Å². The first-order chi connectivity index (χ1) is 7.93. The number of hydrogen-bond acceptors (Lipinski definition) is 2. The number of hydrogen-bond donors (Lipinski definition) is 0. The summed E-state index contributed by atoms with van der Waals surface area (Å²) in [6, 6.07) is 2.34. The molecule has 0 radical (unpaired) electrons. The van der Waals surface area contributed by atoms with Gasteiger partial charge in [-0.3, -0.25) is 4.79 Å². The van der Waals surface area contributed by atoms with Gasteiger partial charge in [-0.2, -0.15) is 11.8 Å². The van der Waals surface area contributed by atoms with Crippen molar-refractivity contribution in [1.29, 1.82) is 0 Å². The van der Waals surface area contributed by atoms with Gasteiger partial charge in [0.2, 0.25) is 0 Å². The fraction of sp³-hybridized carbons (Fsp3) is 0.417. The maximum absolute atomic E-state index is 13.6. The monoisotopic (exact) mass is 322 g/mol. The highest BCUT2D eigenvalue weighted by Crippen LogP contribution is 2.23. The number of thioether (sulfide) groups is 1. The first kappa shape index (κ1) is 14.6. The summed E-state index contributed by atoms with van der Waals surface area (Å²) in [5.41, 5.74) is -0.448. The second-order valence-corrected chi connectivity index (χ2v) is 5.93. The molecule has 0 amide bonds. The molecule has 0 N–H and O–H groups in total. The number of ketones is 1. The van der Waals surface area contributed by atoms with Crippen LogP contribution in [0.3, 0.4) is 0 Å². The molecule has 0 unspecified atom stereocenters. The van der Waals surface area contributed by atoms with Crippen LogP contribution in [0.15, 0.2) is 16.6 Å². The molecule has 17 heavy (non-hydrogen) atoms. The second-order valence-electron chi connectivity index (χ2n) is 4.05. The molecule has 0 fully saturated rings. The van der Waals surface area contributed by atoms with Crippen molar-refractivity contribution in [3.05, 3.63) is 33.8 Å². The fourth-order valence-corrected chi connectivity index (χ4v) is 2.49. The van der Waals surface area contributed by atoms with E-state index in [1.807, 2.05) is 13.8 Å². The Kier molecular flexibility index (Phi) is 5.59. The molecular weight excluding hydrogens is 310 g/mol. The molecule has 1 rings (SSSR count). The minimum absolute atomic E-state index is 0.0997. The van der Waals surface area contributed by atoms with Gasteiger partial charge < -0.3 is 0 Å². The van der Waals surface area contributed by atoms with Crippen LogP contribution in [0.5, 0.6) is 0 Å². The van der Waals surface area contributed by atoms with E-state index in [2.05, 4.69) is 15.9 Å². The van der Waals surface area contributed by atoms with Crippen LogP contribution in [0, 0.1) is 17.6 Å². The summed E-state index contributed by atoms with van der Waals surface area (Å²) in [5.74, 6) is -0.788. The summed E-state index contributed by atoms with van der Waals surface area (Å²) in [6.45, 7) is 4.05. The van der Waals surface area contributed by atoms with E-state index in [-0.39, 0.29) is 10.2 Å². The highest BCUT2D eigenvalue weighted by molar-refractivity contribution is 9.10. The average molecular weight is 323 g/mol. The van der Waals surface area contributed by atoms with Gasteiger partial charge in [0.15, 0.2) is 11.6 Å². The third-order valence-corrected chi connectivity index (χ3v) is 3.99. The van der Waals surface area contributed by atoms with E-state index < -0.39 is 23.0 Å². The lowest BCUT2D eigenvalue weighted by Gasteiger charge is -2.06. The molecule has 0 aromatic heterocycles. The van der Waals surface area contributed by atoms with Crippen molar-refractivity contribution in [2.24, 2.45) is 5.92 Å². The Labute approximate surface area is 112 Å². The van der Waals surface area contributed by atoms with Crippen molar-refractivity contribution in [3.63, 3.8) is 0 Å². The third-order valence-electron chi connectivity index (χ3n) is 2.01. The second kappa shape index (κ2) is 6.50. The Bertz CT molecular complexity index is 421. The van der Waals surface area contributed by atoms with Crippen LogP contribution in [-0.2, 0) is 0 Å². The number of benzene rings is 1. The molecule has 0 atom stereocenters. The standard InChI is InChI=1S/C12H13BrF2OS/c1-7(2)5-17-6-10(16)11-9(14)4-3-8(13)12(11)15/h3-4,7H,5-6H2,1-2H3. The molecule has 5 heteroatoms.